The zero-order valence-electron chi connectivity index (χ0n) is 5.90. The standard InChI is InChI=1S/C6H4BrN5/c7-5-1-4(2-8-3-5)6-9-11-12-10-6/h1-3H,(H,9,10,11,12). The van der Waals surface area contributed by atoms with Gasteiger partial charge in [0.1, 0.15) is 0 Å². The number of H-pyrrole nitrogens is 1. The SMILES string of the molecule is Brc1cncc(-c2nn[nH]n2)c1. The summed E-state index contributed by atoms with van der Waals surface area (Å²) in [5.41, 5.74) is 0.832. The summed E-state index contributed by atoms with van der Waals surface area (Å²) < 4.78 is 0.893. The van der Waals surface area contributed by atoms with Crippen molar-refractivity contribution in [2.45, 2.75) is 0 Å². The van der Waals surface area contributed by atoms with Crippen molar-refractivity contribution in [3.05, 3.63) is 22.9 Å². The maximum absolute atomic E-state index is 3.97. The maximum Gasteiger partial charge on any atom is 0.206 e. The van der Waals surface area contributed by atoms with E-state index < -0.39 is 0 Å². The lowest BCUT2D eigenvalue weighted by Gasteiger charge is -1.92. The van der Waals surface area contributed by atoms with Crippen molar-refractivity contribution in [3.63, 3.8) is 0 Å². The normalized spacial score (nSPS) is 10.1. The van der Waals surface area contributed by atoms with E-state index in [0.29, 0.717) is 5.82 Å². The average molecular weight is 226 g/mol. The van der Waals surface area contributed by atoms with Crippen LogP contribution in [0.4, 0.5) is 0 Å². The summed E-state index contributed by atoms with van der Waals surface area (Å²) in [4.78, 5) is 3.97. The number of aromatic nitrogens is 5. The number of aromatic amines is 1. The van der Waals surface area contributed by atoms with Crippen molar-refractivity contribution in [1.82, 2.24) is 25.6 Å². The third kappa shape index (κ3) is 1.33. The number of nitrogens with zero attached hydrogens (tertiary/aromatic N) is 4. The van der Waals surface area contributed by atoms with Gasteiger partial charge in [-0.2, -0.15) is 5.21 Å². The largest absolute Gasteiger partial charge is 0.263 e. The smallest absolute Gasteiger partial charge is 0.206 e. The molecule has 2 aromatic rings. The Balaban J connectivity index is 2.48. The summed E-state index contributed by atoms with van der Waals surface area (Å²) in [7, 11) is 0. The van der Waals surface area contributed by atoms with E-state index in [1.807, 2.05) is 6.07 Å². The van der Waals surface area contributed by atoms with Crippen LogP contribution in [0.5, 0.6) is 0 Å². The van der Waals surface area contributed by atoms with Crippen molar-refractivity contribution < 1.29 is 0 Å². The van der Waals surface area contributed by atoms with Crippen molar-refractivity contribution in [2.24, 2.45) is 0 Å². The third-order valence-corrected chi connectivity index (χ3v) is 1.74. The molecule has 60 valence electrons. The number of nitrogens with one attached hydrogen (secondary N) is 1. The molecule has 2 aromatic heterocycles. The average Bonchev–Trinajstić information content (AvgIpc) is 2.56. The van der Waals surface area contributed by atoms with Gasteiger partial charge in [0.25, 0.3) is 0 Å². The first-order valence-electron chi connectivity index (χ1n) is 3.20. The van der Waals surface area contributed by atoms with E-state index >= 15 is 0 Å². The first-order chi connectivity index (χ1) is 5.86. The highest BCUT2D eigenvalue weighted by Crippen LogP contribution is 2.16. The number of tetrazole rings is 1. The molecule has 1 N–H and O–H groups in total. The van der Waals surface area contributed by atoms with E-state index in [2.05, 4.69) is 41.5 Å². The van der Waals surface area contributed by atoms with E-state index in [1.54, 1.807) is 12.4 Å². The van der Waals surface area contributed by atoms with E-state index in [-0.39, 0.29) is 0 Å². The van der Waals surface area contributed by atoms with Gasteiger partial charge in [0.2, 0.25) is 5.82 Å². The molecule has 0 fully saturated rings. The second-order valence-electron chi connectivity index (χ2n) is 2.13. The van der Waals surface area contributed by atoms with Gasteiger partial charge in [0.15, 0.2) is 0 Å². The van der Waals surface area contributed by atoms with Crippen LogP contribution in [-0.2, 0) is 0 Å². The Morgan fingerprint density at radius 3 is 2.92 bits per heavy atom. The Bertz CT molecular complexity index is 371. The van der Waals surface area contributed by atoms with Crippen LogP contribution in [0.3, 0.4) is 0 Å². The molecular weight excluding hydrogens is 222 g/mol. The van der Waals surface area contributed by atoms with E-state index in [4.69, 9.17) is 0 Å². The van der Waals surface area contributed by atoms with Crippen molar-refractivity contribution in [1.29, 1.82) is 0 Å². The van der Waals surface area contributed by atoms with Crippen LogP contribution in [0.1, 0.15) is 0 Å². The van der Waals surface area contributed by atoms with Crippen LogP contribution in [0.25, 0.3) is 11.4 Å². The highest BCUT2D eigenvalue weighted by Gasteiger charge is 2.02. The Labute approximate surface area is 76.3 Å². The molecule has 0 unspecified atom stereocenters. The summed E-state index contributed by atoms with van der Waals surface area (Å²) >= 11 is 3.30. The second-order valence-corrected chi connectivity index (χ2v) is 3.04. The molecule has 0 radical (unpaired) electrons. The molecular formula is C6H4BrN5. The lowest BCUT2D eigenvalue weighted by atomic mass is 10.3. The summed E-state index contributed by atoms with van der Waals surface area (Å²) in [6, 6.07) is 1.87. The van der Waals surface area contributed by atoms with Gasteiger partial charge in [0.05, 0.1) is 0 Å². The molecule has 2 rings (SSSR count). The van der Waals surface area contributed by atoms with Crippen LogP contribution >= 0.6 is 15.9 Å². The fraction of sp³-hybridized carbons (Fsp3) is 0. The Morgan fingerprint density at radius 2 is 2.25 bits per heavy atom. The number of rotatable bonds is 1. The predicted octanol–water partition coefficient (Wildman–Crippen LogP) is 1.02. The van der Waals surface area contributed by atoms with Gasteiger partial charge in [-0.1, -0.05) is 0 Å². The molecule has 0 aromatic carbocycles. The van der Waals surface area contributed by atoms with Crippen LogP contribution in [0, 0.1) is 0 Å². The highest BCUT2D eigenvalue weighted by atomic mass is 79.9. The molecule has 5 nitrogen and oxygen atoms in total. The Kier molecular flexibility index (Phi) is 1.83. The molecule has 0 aliphatic heterocycles. The molecule has 0 bridgehead atoms. The molecule has 2 heterocycles. The molecule has 0 atom stereocenters. The first-order valence-corrected chi connectivity index (χ1v) is 4.00. The molecule has 0 saturated carbocycles. The van der Waals surface area contributed by atoms with Gasteiger partial charge in [-0.15, -0.1) is 10.2 Å². The molecule has 0 amide bonds. The fourth-order valence-electron chi connectivity index (χ4n) is 0.818. The van der Waals surface area contributed by atoms with Crippen LogP contribution < -0.4 is 0 Å². The zero-order chi connectivity index (χ0) is 8.39. The number of hydrogen-bond donors (Lipinski definition) is 1. The quantitative estimate of drug-likeness (QED) is 0.788. The molecule has 0 saturated heterocycles. The van der Waals surface area contributed by atoms with Gasteiger partial charge in [0, 0.05) is 22.4 Å². The van der Waals surface area contributed by atoms with Gasteiger partial charge < -0.3 is 0 Å². The molecule has 0 aliphatic rings. The van der Waals surface area contributed by atoms with Gasteiger partial charge in [-0.05, 0) is 27.2 Å². The molecule has 12 heavy (non-hydrogen) atoms. The maximum atomic E-state index is 3.97. The summed E-state index contributed by atoms with van der Waals surface area (Å²) in [6.45, 7) is 0. The van der Waals surface area contributed by atoms with Crippen LogP contribution in [0.2, 0.25) is 0 Å². The highest BCUT2D eigenvalue weighted by molar-refractivity contribution is 9.10. The first kappa shape index (κ1) is 7.35. The van der Waals surface area contributed by atoms with E-state index in [0.717, 1.165) is 10.0 Å². The minimum absolute atomic E-state index is 0.545. The van der Waals surface area contributed by atoms with Gasteiger partial charge >= 0.3 is 0 Å². The van der Waals surface area contributed by atoms with Crippen LogP contribution in [-0.4, -0.2) is 25.6 Å². The summed E-state index contributed by atoms with van der Waals surface area (Å²) in [5, 5.41) is 13.5. The zero-order valence-corrected chi connectivity index (χ0v) is 7.48. The summed E-state index contributed by atoms with van der Waals surface area (Å²) in [6.07, 6.45) is 3.37. The third-order valence-electron chi connectivity index (χ3n) is 1.31. The number of halogens is 1. The second kappa shape index (κ2) is 2.98. The Morgan fingerprint density at radius 1 is 1.33 bits per heavy atom. The lowest BCUT2D eigenvalue weighted by molar-refractivity contribution is 0.881. The van der Waals surface area contributed by atoms with Gasteiger partial charge in [-0.25, -0.2) is 0 Å². The number of pyridine rings is 1. The molecule has 6 heteroatoms. The molecule has 0 spiro atoms. The van der Waals surface area contributed by atoms with E-state index in [9.17, 15) is 0 Å². The summed E-state index contributed by atoms with van der Waals surface area (Å²) in [5.74, 6) is 0.545. The topological polar surface area (TPSA) is 67.3 Å². The van der Waals surface area contributed by atoms with Crippen molar-refractivity contribution >= 4 is 15.9 Å². The van der Waals surface area contributed by atoms with E-state index in [1.165, 1.54) is 0 Å². The minimum atomic E-state index is 0.545. The van der Waals surface area contributed by atoms with Gasteiger partial charge in [-0.3, -0.25) is 4.98 Å². The predicted molar refractivity (Wildman–Crippen MR) is 45.1 cm³/mol. The van der Waals surface area contributed by atoms with Crippen LogP contribution in [0.15, 0.2) is 22.9 Å². The Hall–Kier alpha value is -1.30. The minimum Gasteiger partial charge on any atom is -0.263 e. The number of hydrogen-bond acceptors (Lipinski definition) is 4. The van der Waals surface area contributed by atoms with Crippen molar-refractivity contribution in [2.75, 3.05) is 0 Å². The fourth-order valence-corrected chi connectivity index (χ4v) is 1.18. The monoisotopic (exact) mass is 225 g/mol. The molecule has 0 aliphatic carbocycles. The van der Waals surface area contributed by atoms with Crippen molar-refractivity contribution in [3.8, 4) is 11.4 Å². The lowest BCUT2D eigenvalue weighted by Crippen LogP contribution is -1.82.